The van der Waals surface area contributed by atoms with Crippen molar-refractivity contribution in [1.29, 1.82) is 0 Å². The molecule has 0 bridgehead atoms. The second kappa shape index (κ2) is 5.26. The fourth-order valence-corrected chi connectivity index (χ4v) is 2.62. The lowest BCUT2D eigenvalue weighted by molar-refractivity contribution is 0.796. The molecule has 2 heteroatoms. The molecule has 1 aromatic carbocycles. The van der Waals surface area contributed by atoms with Gasteiger partial charge in [-0.1, -0.05) is 37.6 Å². The molecular weight excluding hydrogens is 214 g/mol. The van der Waals surface area contributed by atoms with Crippen molar-refractivity contribution in [2.24, 2.45) is 0 Å². The van der Waals surface area contributed by atoms with Gasteiger partial charge in [-0.05, 0) is 25.3 Å². The molecule has 0 N–H and O–H groups in total. The fourth-order valence-electron chi connectivity index (χ4n) is 1.79. The monoisotopic (exact) mass is 231 g/mol. The summed E-state index contributed by atoms with van der Waals surface area (Å²) in [6.45, 7) is 4.34. The molecule has 0 saturated carbocycles. The fraction of sp³-hybridized carbons (Fsp3) is 0.357. The van der Waals surface area contributed by atoms with Gasteiger partial charge in [-0.3, -0.25) is 0 Å². The van der Waals surface area contributed by atoms with Crippen molar-refractivity contribution in [3.05, 3.63) is 40.9 Å². The van der Waals surface area contributed by atoms with Crippen LogP contribution >= 0.6 is 11.3 Å². The maximum absolute atomic E-state index is 4.47. The largest absolute Gasteiger partial charge is 0.244 e. The lowest BCUT2D eigenvalue weighted by atomic mass is 10.0. The zero-order valence-electron chi connectivity index (χ0n) is 9.86. The van der Waals surface area contributed by atoms with Gasteiger partial charge in [0.25, 0.3) is 0 Å². The summed E-state index contributed by atoms with van der Waals surface area (Å²) in [5.74, 6) is 0. The lowest BCUT2D eigenvalue weighted by Crippen LogP contribution is -1.89. The second-order valence-electron chi connectivity index (χ2n) is 4.04. The Kier molecular flexibility index (Phi) is 3.73. The highest BCUT2D eigenvalue weighted by molar-refractivity contribution is 7.14. The number of aryl methyl sites for hydroxylation is 2. The van der Waals surface area contributed by atoms with Crippen LogP contribution in [0.3, 0.4) is 0 Å². The van der Waals surface area contributed by atoms with Crippen LogP contribution in [0, 0.1) is 6.92 Å². The van der Waals surface area contributed by atoms with E-state index in [1.807, 2.05) is 6.20 Å². The first-order valence-electron chi connectivity index (χ1n) is 5.82. The molecule has 1 nitrogen and oxygen atoms in total. The van der Waals surface area contributed by atoms with Gasteiger partial charge in [0.1, 0.15) is 5.01 Å². The first kappa shape index (κ1) is 11.3. The van der Waals surface area contributed by atoms with E-state index in [1.54, 1.807) is 11.3 Å². The summed E-state index contributed by atoms with van der Waals surface area (Å²) in [6.07, 6.45) is 5.61. The van der Waals surface area contributed by atoms with Crippen molar-refractivity contribution in [1.82, 2.24) is 4.98 Å². The van der Waals surface area contributed by atoms with Crippen LogP contribution in [-0.4, -0.2) is 4.98 Å². The molecule has 0 radical (unpaired) electrons. The molecule has 0 saturated heterocycles. The maximum atomic E-state index is 4.47. The van der Waals surface area contributed by atoms with E-state index in [2.05, 4.69) is 43.1 Å². The minimum atomic E-state index is 1.16. The van der Waals surface area contributed by atoms with Gasteiger partial charge in [-0.15, -0.1) is 11.3 Å². The zero-order valence-corrected chi connectivity index (χ0v) is 10.7. The Bertz CT molecular complexity index is 459. The molecule has 2 aromatic rings. The van der Waals surface area contributed by atoms with Crippen LogP contribution < -0.4 is 0 Å². The summed E-state index contributed by atoms with van der Waals surface area (Å²) in [5, 5.41) is 1.16. The highest BCUT2D eigenvalue weighted by Crippen LogP contribution is 2.28. The van der Waals surface area contributed by atoms with Crippen molar-refractivity contribution >= 4 is 11.3 Å². The molecule has 16 heavy (non-hydrogen) atoms. The first-order chi connectivity index (χ1) is 7.81. The highest BCUT2D eigenvalue weighted by atomic mass is 32.1. The molecule has 0 aliphatic heterocycles. The Hall–Kier alpha value is -1.15. The van der Waals surface area contributed by atoms with Crippen LogP contribution in [0.15, 0.2) is 30.5 Å². The average molecular weight is 231 g/mol. The van der Waals surface area contributed by atoms with Crippen molar-refractivity contribution in [3.63, 3.8) is 0 Å². The second-order valence-corrected chi connectivity index (χ2v) is 5.27. The van der Waals surface area contributed by atoms with E-state index in [0.29, 0.717) is 0 Å². The Labute approximate surface area is 101 Å². The van der Waals surface area contributed by atoms with Gasteiger partial charge in [-0.2, -0.15) is 0 Å². The maximum Gasteiger partial charge on any atom is 0.123 e. The molecule has 1 heterocycles. The van der Waals surface area contributed by atoms with E-state index < -0.39 is 0 Å². The number of aromatic nitrogens is 1. The third kappa shape index (κ3) is 2.50. The van der Waals surface area contributed by atoms with Crippen molar-refractivity contribution in [2.75, 3.05) is 0 Å². The van der Waals surface area contributed by atoms with Gasteiger partial charge >= 0.3 is 0 Å². The van der Waals surface area contributed by atoms with E-state index in [4.69, 9.17) is 0 Å². The molecule has 84 valence electrons. The van der Waals surface area contributed by atoms with E-state index >= 15 is 0 Å². The normalized spacial score (nSPS) is 10.6. The summed E-state index contributed by atoms with van der Waals surface area (Å²) in [6, 6.07) is 8.63. The van der Waals surface area contributed by atoms with Crippen LogP contribution in [-0.2, 0) is 6.42 Å². The summed E-state index contributed by atoms with van der Waals surface area (Å²) in [7, 11) is 0. The van der Waals surface area contributed by atoms with Gasteiger partial charge in [0, 0.05) is 16.6 Å². The van der Waals surface area contributed by atoms with Crippen LogP contribution in [0.25, 0.3) is 10.6 Å². The number of hydrogen-bond acceptors (Lipinski definition) is 2. The van der Waals surface area contributed by atoms with Crippen molar-refractivity contribution < 1.29 is 0 Å². The molecule has 0 spiro atoms. The third-order valence-electron chi connectivity index (χ3n) is 2.67. The van der Waals surface area contributed by atoms with Crippen LogP contribution in [0.5, 0.6) is 0 Å². The standard InChI is InChI=1S/C14H17NS/c1-3-4-7-12-8-5-6-9-13(12)14-15-10-11(2)16-14/h5-6,8-10H,3-4,7H2,1-2H3. The molecule has 0 fully saturated rings. The minimum Gasteiger partial charge on any atom is -0.244 e. The van der Waals surface area contributed by atoms with Crippen LogP contribution in [0.1, 0.15) is 30.2 Å². The Morgan fingerprint density at radius 1 is 1.25 bits per heavy atom. The van der Waals surface area contributed by atoms with E-state index in [9.17, 15) is 0 Å². The molecule has 0 unspecified atom stereocenters. The summed E-state index contributed by atoms with van der Waals surface area (Å²) >= 11 is 1.78. The number of hydrogen-bond donors (Lipinski definition) is 0. The van der Waals surface area contributed by atoms with Crippen LogP contribution in [0.4, 0.5) is 0 Å². The third-order valence-corrected chi connectivity index (χ3v) is 3.61. The lowest BCUT2D eigenvalue weighted by Gasteiger charge is -2.05. The SMILES string of the molecule is CCCCc1ccccc1-c1ncc(C)s1. The number of nitrogens with zero attached hydrogens (tertiary/aromatic N) is 1. The van der Waals surface area contributed by atoms with Gasteiger partial charge in [-0.25, -0.2) is 4.98 Å². The van der Waals surface area contributed by atoms with Gasteiger partial charge in [0.2, 0.25) is 0 Å². The van der Waals surface area contributed by atoms with Gasteiger partial charge in [0.05, 0.1) is 0 Å². The predicted octanol–water partition coefficient (Wildman–Crippen LogP) is 4.46. The minimum absolute atomic E-state index is 1.16. The summed E-state index contributed by atoms with van der Waals surface area (Å²) < 4.78 is 0. The molecule has 0 aliphatic carbocycles. The molecule has 0 amide bonds. The summed E-state index contributed by atoms with van der Waals surface area (Å²) in [5.41, 5.74) is 2.74. The van der Waals surface area contributed by atoms with Gasteiger partial charge < -0.3 is 0 Å². The number of benzene rings is 1. The molecule has 0 aliphatic rings. The Morgan fingerprint density at radius 3 is 2.75 bits per heavy atom. The topological polar surface area (TPSA) is 12.9 Å². The van der Waals surface area contributed by atoms with E-state index in [1.165, 1.54) is 28.8 Å². The quantitative estimate of drug-likeness (QED) is 0.757. The zero-order chi connectivity index (χ0) is 11.4. The Morgan fingerprint density at radius 2 is 2.06 bits per heavy atom. The van der Waals surface area contributed by atoms with Crippen molar-refractivity contribution in [3.8, 4) is 10.6 Å². The van der Waals surface area contributed by atoms with Crippen molar-refractivity contribution in [2.45, 2.75) is 33.1 Å². The van der Waals surface area contributed by atoms with E-state index in [-0.39, 0.29) is 0 Å². The average Bonchev–Trinajstić information content (AvgIpc) is 2.73. The molecule has 0 atom stereocenters. The first-order valence-corrected chi connectivity index (χ1v) is 6.63. The highest BCUT2D eigenvalue weighted by Gasteiger charge is 2.07. The Balaban J connectivity index is 2.32. The summed E-state index contributed by atoms with van der Waals surface area (Å²) in [4.78, 5) is 5.75. The van der Waals surface area contributed by atoms with E-state index in [0.717, 1.165) is 11.4 Å². The molecular formula is C14H17NS. The number of unbranched alkanes of at least 4 members (excludes halogenated alkanes) is 1. The molecule has 2 rings (SSSR count). The molecule has 1 aromatic heterocycles. The smallest absolute Gasteiger partial charge is 0.123 e. The van der Waals surface area contributed by atoms with Crippen LogP contribution in [0.2, 0.25) is 0 Å². The number of thiazole rings is 1. The predicted molar refractivity (Wildman–Crippen MR) is 70.9 cm³/mol. The van der Waals surface area contributed by atoms with Gasteiger partial charge in [0.15, 0.2) is 0 Å². The number of rotatable bonds is 4.